The molecule has 2 atom stereocenters. The fourth-order valence-electron chi connectivity index (χ4n) is 2.83. The zero-order valence-corrected chi connectivity index (χ0v) is 11.0. The third-order valence-corrected chi connectivity index (χ3v) is 4.53. The number of carbonyl (C=O) groups excluding carboxylic acids is 2. The van der Waals surface area contributed by atoms with Crippen molar-refractivity contribution in [3.8, 4) is 0 Å². The largest absolute Gasteiger partial charge is 0.353 e. The van der Waals surface area contributed by atoms with Crippen LogP contribution in [0.1, 0.15) is 39.0 Å². The number of likely N-dealkylation sites (tertiary alicyclic amines) is 1. The van der Waals surface area contributed by atoms with Crippen LogP contribution in [0.2, 0.25) is 0 Å². The first-order valence-corrected chi connectivity index (χ1v) is 7.24. The highest BCUT2D eigenvalue weighted by Gasteiger charge is 2.40. The lowest BCUT2D eigenvalue weighted by Crippen LogP contribution is -2.47. The second kappa shape index (κ2) is 4.56. The van der Waals surface area contributed by atoms with Gasteiger partial charge in [0.25, 0.3) is 0 Å². The van der Waals surface area contributed by atoms with Crippen molar-refractivity contribution >= 4 is 11.8 Å². The van der Waals surface area contributed by atoms with Crippen LogP contribution in [0.5, 0.6) is 0 Å². The topological polar surface area (TPSA) is 49.4 Å². The smallest absolute Gasteiger partial charge is 0.225 e. The first-order chi connectivity index (χ1) is 8.65. The van der Waals surface area contributed by atoms with Crippen LogP contribution in [0.15, 0.2) is 0 Å². The van der Waals surface area contributed by atoms with Gasteiger partial charge in [0, 0.05) is 31.0 Å². The number of piperidine rings is 1. The Morgan fingerprint density at radius 3 is 2.22 bits per heavy atom. The molecule has 1 N–H and O–H groups in total. The predicted molar refractivity (Wildman–Crippen MR) is 67.7 cm³/mol. The van der Waals surface area contributed by atoms with Crippen molar-refractivity contribution in [3.05, 3.63) is 0 Å². The Kier molecular flexibility index (Phi) is 3.04. The highest BCUT2D eigenvalue weighted by molar-refractivity contribution is 5.82. The van der Waals surface area contributed by atoms with Gasteiger partial charge in [0.2, 0.25) is 11.8 Å². The average molecular weight is 250 g/mol. The Morgan fingerprint density at radius 1 is 1.11 bits per heavy atom. The lowest BCUT2D eigenvalue weighted by molar-refractivity contribution is -0.133. The summed E-state index contributed by atoms with van der Waals surface area (Å²) in [7, 11) is 0. The molecule has 2 unspecified atom stereocenters. The maximum Gasteiger partial charge on any atom is 0.225 e. The molecule has 1 saturated heterocycles. The van der Waals surface area contributed by atoms with E-state index < -0.39 is 0 Å². The van der Waals surface area contributed by atoms with Crippen LogP contribution in [-0.4, -0.2) is 35.8 Å². The van der Waals surface area contributed by atoms with E-state index in [1.165, 1.54) is 0 Å². The summed E-state index contributed by atoms with van der Waals surface area (Å²) in [6.45, 7) is 3.77. The summed E-state index contributed by atoms with van der Waals surface area (Å²) in [5.74, 6) is 1.73. The highest BCUT2D eigenvalue weighted by atomic mass is 16.2. The van der Waals surface area contributed by atoms with E-state index in [1.54, 1.807) is 0 Å². The first kappa shape index (κ1) is 12.0. The number of nitrogens with zero attached hydrogens (tertiary/aromatic N) is 1. The number of amides is 2. The molecule has 0 aromatic carbocycles. The predicted octanol–water partition coefficient (Wildman–Crippen LogP) is 1.16. The van der Waals surface area contributed by atoms with Crippen LogP contribution >= 0.6 is 0 Å². The minimum absolute atomic E-state index is 0.231. The van der Waals surface area contributed by atoms with E-state index in [4.69, 9.17) is 0 Å². The molecule has 1 heterocycles. The van der Waals surface area contributed by atoms with Crippen molar-refractivity contribution in [1.82, 2.24) is 10.2 Å². The normalized spacial score (nSPS) is 32.2. The molecule has 2 saturated carbocycles. The fraction of sp³-hybridized carbons (Fsp3) is 0.857. The van der Waals surface area contributed by atoms with Gasteiger partial charge >= 0.3 is 0 Å². The summed E-state index contributed by atoms with van der Waals surface area (Å²) in [4.78, 5) is 25.7. The van der Waals surface area contributed by atoms with Crippen LogP contribution in [0.4, 0.5) is 0 Å². The van der Waals surface area contributed by atoms with Crippen molar-refractivity contribution in [1.29, 1.82) is 0 Å². The summed E-state index contributed by atoms with van der Waals surface area (Å²) in [5, 5.41) is 3.14. The van der Waals surface area contributed by atoms with E-state index in [9.17, 15) is 9.59 Å². The molecule has 0 spiro atoms. The Hall–Kier alpha value is -1.06. The maximum absolute atomic E-state index is 11.9. The molecular formula is C14H22N2O2. The Bertz CT molecular complexity index is 357. The molecule has 0 radical (unpaired) electrons. The number of carbonyl (C=O) groups is 2. The Balaban J connectivity index is 1.42. The summed E-state index contributed by atoms with van der Waals surface area (Å²) >= 11 is 0. The summed E-state index contributed by atoms with van der Waals surface area (Å²) in [6.07, 6.45) is 5.05. The van der Waals surface area contributed by atoms with Crippen molar-refractivity contribution in [2.45, 2.75) is 45.1 Å². The van der Waals surface area contributed by atoms with Gasteiger partial charge in [-0.15, -0.1) is 0 Å². The summed E-state index contributed by atoms with van der Waals surface area (Å²) in [6, 6.07) is 0.286. The van der Waals surface area contributed by atoms with E-state index in [0.29, 0.717) is 17.7 Å². The van der Waals surface area contributed by atoms with Crippen LogP contribution < -0.4 is 5.32 Å². The first-order valence-electron chi connectivity index (χ1n) is 7.24. The molecule has 18 heavy (non-hydrogen) atoms. The van der Waals surface area contributed by atoms with E-state index in [-0.39, 0.29) is 17.9 Å². The SMILES string of the molecule is CC1CC1C(=O)NC1CCN(C(=O)C2CC2)CC1. The van der Waals surface area contributed by atoms with Crippen LogP contribution in [0.25, 0.3) is 0 Å². The van der Waals surface area contributed by atoms with Gasteiger partial charge in [0.1, 0.15) is 0 Å². The number of rotatable bonds is 3. The second-order valence-electron chi connectivity index (χ2n) is 6.20. The molecule has 0 aromatic rings. The molecular weight excluding hydrogens is 228 g/mol. The number of hydrogen-bond donors (Lipinski definition) is 1. The average Bonchev–Trinajstić information content (AvgIpc) is 3.23. The van der Waals surface area contributed by atoms with Gasteiger partial charge in [-0.2, -0.15) is 0 Å². The van der Waals surface area contributed by atoms with E-state index in [2.05, 4.69) is 12.2 Å². The third kappa shape index (κ3) is 2.52. The zero-order valence-electron chi connectivity index (χ0n) is 11.0. The van der Waals surface area contributed by atoms with Gasteiger partial charge < -0.3 is 10.2 Å². The maximum atomic E-state index is 11.9. The molecule has 4 nitrogen and oxygen atoms in total. The van der Waals surface area contributed by atoms with Gasteiger partial charge in [-0.05, 0) is 38.0 Å². The molecule has 3 rings (SSSR count). The van der Waals surface area contributed by atoms with Crippen LogP contribution in [0.3, 0.4) is 0 Å². The second-order valence-corrected chi connectivity index (χ2v) is 6.20. The monoisotopic (exact) mass is 250 g/mol. The lowest BCUT2D eigenvalue weighted by Gasteiger charge is -2.32. The quantitative estimate of drug-likeness (QED) is 0.817. The minimum atomic E-state index is 0.231. The molecule has 1 aliphatic heterocycles. The number of hydrogen-bond acceptors (Lipinski definition) is 2. The molecule has 4 heteroatoms. The standard InChI is InChI=1S/C14H22N2O2/c1-9-8-12(9)13(17)15-11-4-6-16(7-5-11)14(18)10-2-3-10/h9-12H,2-8H2,1H3,(H,15,17). The highest BCUT2D eigenvalue weighted by Crippen LogP contribution is 2.38. The van der Waals surface area contributed by atoms with Gasteiger partial charge in [-0.3, -0.25) is 9.59 Å². The van der Waals surface area contributed by atoms with E-state index >= 15 is 0 Å². The van der Waals surface area contributed by atoms with Gasteiger partial charge in [0.15, 0.2) is 0 Å². The van der Waals surface area contributed by atoms with Crippen molar-refractivity contribution in [2.75, 3.05) is 13.1 Å². The number of nitrogens with one attached hydrogen (secondary N) is 1. The molecule has 0 bridgehead atoms. The van der Waals surface area contributed by atoms with Crippen LogP contribution in [-0.2, 0) is 9.59 Å². The minimum Gasteiger partial charge on any atom is -0.353 e. The fourth-order valence-corrected chi connectivity index (χ4v) is 2.83. The summed E-state index contributed by atoms with van der Waals surface area (Å²) < 4.78 is 0. The van der Waals surface area contributed by atoms with Crippen molar-refractivity contribution in [2.24, 2.45) is 17.8 Å². The molecule has 3 aliphatic rings. The Morgan fingerprint density at radius 2 is 1.72 bits per heavy atom. The van der Waals surface area contributed by atoms with Crippen molar-refractivity contribution < 1.29 is 9.59 Å². The lowest BCUT2D eigenvalue weighted by atomic mass is 10.0. The van der Waals surface area contributed by atoms with Crippen molar-refractivity contribution in [3.63, 3.8) is 0 Å². The molecule has 2 aliphatic carbocycles. The van der Waals surface area contributed by atoms with Gasteiger partial charge in [-0.25, -0.2) is 0 Å². The Labute approximate surface area is 108 Å². The molecule has 2 amide bonds. The molecule has 3 fully saturated rings. The molecule has 0 aromatic heterocycles. The van der Waals surface area contributed by atoms with Gasteiger partial charge in [0.05, 0.1) is 0 Å². The van der Waals surface area contributed by atoms with E-state index in [1.807, 2.05) is 4.90 Å². The summed E-state index contributed by atoms with van der Waals surface area (Å²) in [5.41, 5.74) is 0. The third-order valence-electron chi connectivity index (χ3n) is 4.53. The van der Waals surface area contributed by atoms with Gasteiger partial charge in [-0.1, -0.05) is 6.92 Å². The molecule has 100 valence electrons. The zero-order chi connectivity index (χ0) is 12.7. The van der Waals surface area contributed by atoms with E-state index in [0.717, 1.165) is 45.2 Å². The van der Waals surface area contributed by atoms with Crippen LogP contribution in [0, 0.1) is 17.8 Å².